The van der Waals surface area contributed by atoms with Crippen LogP contribution in [0.5, 0.6) is 0 Å². The summed E-state index contributed by atoms with van der Waals surface area (Å²) in [6.45, 7) is 2.11. The Morgan fingerprint density at radius 2 is 1.66 bits per heavy atom. The number of benzene rings is 3. The lowest BCUT2D eigenvalue weighted by atomic mass is 9.97. The van der Waals surface area contributed by atoms with Gasteiger partial charge >= 0.3 is 5.97 Å². The van der Waals surface area contributed by atoms with E-state index in [1.165, 1.54) is 43.3 Å². The van der Waals surface area contributed by atoms with Crippen LogP contribution in [0.25, 0.3) is 0 Å². The van der Waals surface area contributed by atoms with Gasteiger partial charge in [-0.15, -0.1) is 0 Å². The molecule has 0 radical (unpaired) electrons. The predicted molar refractivity (Wildman–Crippen MR) is 161 cm³/mol. The molecule has 4 rings (SSSR count). The van der Waals surface area contributed by atoms with Gasteiger partial charge in [0.2, 0.25) is 11.8 Å². The number of carbonyl (C=O) groups is 5. The Kier molecular flexibility index (Phi) is 10.9. The van der Waals surface area contributed by atoms with Crippen LogP contribution in [0.15, 0.2) is 91.0 Å². The fraction of sp³-hybridized carbons (Fsp3) is 0.242. The van der Waals surface area contributed by atoms with Gasteiger partial charge in [0, 0.05) is 41.4 Å². The molecule has 0 aromatic heterocycles. The van der Waals surface area contributed by atoms with E-state index < -0.39 is 41.6 Å². The van der Waals surface area contributed by atoms with Gasteiger partial charge in [0.15, 0.2) is 0 Å². The van der Waals surface area contributed by atoms with Crippen molar-refractivity contribution in [3.8, 4) is 0 Å². The molecule has 1 unspecified atom stereocenters. The maximum atomic E-state index is 13.4. The van der Waals surface area contributed by atoms with Crippen LogP contribution in [-0.2, 0) is 25.7 Å². The van der Waals surface area contributed by atoms with E-state index in [0.717, 1.165) is 11.6 Å². The summed E-state index contributed by atoms with van der Waals surface area (Å²) in [5, 5.41) is 10.8. The Bertz CT molecular complexity index is 1540. The topological polar surface area (TPSA) is 143 Å². The first-order valence-corrected chi connectivity index (χ1v) is 14.1. The molecule has 3 aromatic carbocycles. The molecule has 1 fully saturated rings. The number of esters is 1. The zero-order valence-corrected chi connectivity index (χ0v) is 24.0. The van der Waals surface area contributed by atoms with Gasteiger partial charge in [0.25, 0.3) is 11.8 Å². The highest BCUT2D eigenvalue weighted by molar-refractivity contribution is 6.02. The number of amides is 4. The second-order valence-corrected chi connectivity index (χ2v) is 10.3. The van der Waals surface area contributed by atoms with Gasteiger partial charge in [-0.2, -0.15) is 0 Å². The van der Waals surface area contributed by atoms with Crippen LogP contribution in [0.2, 0.25) is 0 Å². The van der Waals surface area contributed by atoms with Crippen molar-refractivity contribution in [1.82, 2.24) is 16.0 Å². The smallest absolute Gasteiger partial charge is 0.330 e. The molecule has 1 heterocycles. The third-order valence-corrected chi connectivity index (χ3v) is 6.93. The monoisotopic (exact) mass is 600 g/mol. The molecule has 0 bridgehead atoms. The van der Waals surface area contributed by atoms with Crippen LogP contribution < -0.4 is 21.3 Å². The van der Waals surface area contributed by atoms with Crippen molar-refractivity contribution >= 4 is 35.3 Å². The summed E-state index contributed by atoms with van der Waals surface area (Å²) in [4.78, 5) is 62.9. The molecule has 1 aliphatic heterocycles. The molecule has 3 atom stereocenters. The third-order valence-electron chi connectivity index (χ3n) is 6.93. The standard InChI is InChI=1S/C33H33FN4O6/c1-21(36-32(42)23-9-5-11-26(34)17-23)30(40)37-27-12-6-10-24(18-27)33(43)38-28(19-25-15-16-35-31(25)41)13-14-29(39)44-20-22-7-3-2-4-8-22/h2-14,17-18,21,25,28H,15-16,19-20H2,1H3,(H,35,41)(H,36,42)(H,37,40)(H,38,43)/b14-13+/t21-,25?,28-/m1/s1. The fourth-order valence-corrected chi connectivity index (χ4v) is 4.55. The number of rotatable bonds is 12. The van der Waals surface area contributed by atoms with Crippen molar-refractivity contribution in [2.75, 3.05) is 11.9 Å². The van der Waals surface area contributed by atoms with E-state index in [-0.39, 0.29) is 36.0 Å². The Morgan fingerprint density at radius 1 is 0.955 bits per heavy atom. The summed E-state index contributed by atoms with van der Waals surface area (Å²) in [6, 6.07) is 18.9. The zero-order chi connectivity index (χ0) is 31.5. The molecule has 10 nitrogen and oxygen atoms in total. The molecular weight excluding hydrogens is 567 g/mol. The Morgan fingerprint density at radius 3 is 2.36 bits per heavy atom. The molecule has 11 heteroatoms. The van der Waals surface area contributed by atoms with Crippen LogP contribution in [0, 0.1) is 11.7 Å². The number of anilines is 1. The molecule has 44 heavy (non-hydrogen) atoms. The average molecular weight is 601 g/mol. The van der Waals surface area contributed by atoms with E-state index in [1.54, 1.807) is 18.2 Å². The lowest BCUT2D eigenvalue weighted by Crippen LogP contribution is -2.41. The van der Waals surface area contributed by atoms with Crippen LogP contribution in [-0.4, -0.2) is 48.2 Å². The second kappa shape index (κ2) is 15.2. The predicted octanol–water partition coefficient (Wildman–Crippen LogP) is 3.51. The Labute approximate surface area is 254 Å². The molecule has 3 aromatic rings. The summed E-state index contributed by atoms with van der Waals surface area (Å²) >= 11 is 0. The molecule has 4 amide bonds. The van der Waals surface area contributed by atoms with Gasteiger partial charge in [0.05, 0.1) is 0 Å². The summed E-state index contributed by atoms with van der Waals surface area (Å²) in [5.74, 6) is -3.26. The largest absolute Gasteiger partial charge is 0.458 e. The van der Waals surface area contributed by atoms with Crippen LogP contribution in [0.3, 0.4) is 0 Å². The van der Waals surface area contributed by atoms with E-state index in [1.807, 2.05) is 30.3 Å². The second-order valence-electron chi connectivity index (χ2n) is 10.3. The van der Waals surface area contributed by atoms with Gasteiger partial charge < -0.3 is 26.0 Å². The molecular formula is C33H33FN4O6. The third kappa shape index (κ3) is 9.35. The summed E-state index contributed by atoms with van der Waals surface area (Å²) < 4.78 is 18.7. The van der Waals surface area contributed by atoms with E-state index in [4.69, 9.17) is 4.74 Å². The van der Waals surface area contributed by atoms with Crippen molar-refractivity contribution in [2.45, 2.75) is 38.5 Å². The number of nitrogens with one attached hydrogen (secondary N) is 4. The number of hydrogen-bond donors (Lipinski definition) is 4. The normalized spacial score (nSPS) is 15.6. The molecule has 1 saturated heterocycles. The molecule has 1 aliphatic rings. The van der Waals surface area contributed by atoms with E-state index >= 15 is 0 Å². The van der Waals surface area contributed by atoms with Crippen LogP contribution >= 0.6 is 0 Å². The highest BCUT2D eigenvalue weighted by atomic mass is 19.1. The van der Waals surface area contributed by atoms with E-state index in [0.29, 0.717) is 18.7 Å². The first-order valence-electron chi connectivity index (χ1n) is 14.1. The minimum absolute atomic E-state index is 0.0754. The average Bonchev–Trinajstić information content (AvgIpc) is 3.43. The minimum atomic E-state index is -0.961. The van der Waals surface area contributed by atoms with Crippen molar-refractivity contribution in [3.05, 3.63) is 114 Å². The Balaban J connectivity index is 1.37. The molecule has 0 saturated carbocycles. The molecule has 228 valence electrons. The number of ether oxygens (including phenoxy) is 1. The van der Waals surface area contributed by atoms with Crippen molar-refractivity contribution in [3.63, 3.8) is 0 Å². The fourth-order valence-electron chi connectivity index (χ4n) is 4.55. The SMILES string of the molecule is C[C@@H](NC(=O)c1cccc(F)c1)C(=O)Nc1cccc(C(=O)N[C@H](/C=C/C(=O)OCc2ccccc2)CC2CCNC2=O)c1. The Hall–Kier alpha value is -5.32. The maximum absolute atomic E-state index is 13.4. The highest BCUT2D eigenvalue weighted by Crippen LogP contribution is 2.18. The summed E-state index contributed by atoms with van der Waals surface area (Å²) in [5.41, 5.74) is 1.44. The van der Waals surface area contributed by atoms with Crippen molar-refractivity contribution < 1.29 is 33.1 Å². The number of halogens is 1. The van der Waals surface area contributed by atoms with Crippen molar-refractivity contribution in [2.24, 2.45) is 5.92 Å². The lowest BCUT2D eigenvalue weighted by molar-refractivity contribution is -0.139. The highest BCUT2D eigenvalue weighted by Gasteiger charge is 2.27. The summed E-state index contributed by atoms with van der Waals surface area (Å²) in [6.07, 6.45) is 3.62. The van der Waals surface area contributed by atoms with Gasteiger partial charge in [-0.05, 0) is 61.7 Å². The van der Waals surface area contributed by atoms with Gasteiger partial charge in [-0.1, -0.05) is 48.5 Å². The number of hydrogen-bond acceptors (Lipinski definition) is 6. The number of carbonyl (C=O) groups excluding carboxylic acids is 5. The summed E-state index contributed by atoms with van der Waals surface area (Å²) in [7, 11) is 0. The molecule has 4 N–H and O–H groups in total. The van der Waals surface area contributed by atoms with Crippen molar-refractivity contribution in [1.29, 1.82) is 0 Å². The van der Waals surface area contributed by atoms with E-state index in [9.17, 15) is 28.4 Å². The van der Waals surface area contributed by atoms with Gasteiger partial charge in [-0.3, -0.25) is 19.2 Å². The first kappa shape index (κ1) is 31.6. The lowest BCUT2D eigenvalue weighted by Gasteiger charge is -2.18. The molecule has 0 spiro atoms. The van der Waals surface area contributed by atoms with Gasteiger partial charge in [-0.25, -0.2) is 9.18 Å². The maximum Gasteiger partial charge on any atom is 0.330 e. The zero-order valence-electron chi connectivity index (χ0n) is 24.0. The first-order chi connectivity index (χ1) is 21.2. The van der Waals surface area contributed by atoms with E-state index in [2.05, 4.69) is 21.3 Å². The minimum Gasteiger partial charge on any atom is -0.458 e. The van der Waals surface area contributed by atoms with Gasteiger partial charge in [0.1, 0.15) is 18.5 Å². The molecule has 0 aliphatic carbocycles. The quantitative estimate of drug-likeness (QED) is 0.185. The van der Waals surface area contributed by atoms with Crippen LogP contribution in [0.1, 0.15) is 46.0 Å². The van der Waals surface area contributed by atoms with Crippen LogP contribution in [0.4, 0.5) is 10.1 Å².